The van der Waals surface area contributed by atoms with Gasteiger partial charge < -0.3 is 20.3 Å². The number of aromatic nitrogens is 3. The number of anilines is 2. The monoisotopic (exact) mass is 445 g/mol. The first-order chi connectivity index (χ1) is 15.9. The van der Waals surface area contributed by atoms with Crippen LogP contribution in [0.25, 0.3) is 5.82 Å². The molecule has 7 nitrogen and oxygen atoms in total. The third-order valence-corrected chi connectivity index (χ3v) is 5.23. The summed E-state index contributed by atoms with van der Waals surface area (Å²) in [5.41, 5.74) is 3.63. The van der Waals surface area contributed by atoms with Crippen LogP contribution in [0.2, 0.25) is 0 Å². The topological polar surface area (TPSA) is 92.1 Å². The molecule has 168 valence electrons. The highest BCUT2D eigenvalue weighted by atomic mass is 19.1. The number of aryl methyl sites for hydroxylation is 2. The minimum absolute atomic E-state index is 0.196. The Bertz CT molecular complexity index is 1280. The highest BCUT2D eigenvalue weighted by molar-refractivity contribution is 5.95. The van der Waals surface area contributed by atoms with E-state index in [0.29, 0.717) is 36.0 Å². The van der Waals surface area contributed by atoms with Gasteiger partial charge >= 0.3 is 0 Å². The number of nitrogens with one attached hydrogen (secondary N) is 2. The number of hydrogen-bond acceptors (Lipinski definition) is 5. The van der Waals surface area contributed by atoms with Gasteiger partial charge in [0.1, 0.15) is 17.4 Å². The molecule has 2 heterocycles. The molecule has 0 atom stereocenters. The molecule has 3 N–H and O–H groups in total. The normalized spacial score (nSPS) is 10.8. The van der Waals surface area contributed by atoms with E-state index in [1.54, 1.807) is 41.2 Å². The van der Waals surface area contributed by atoms with Crippen LogP contribution in [0, 0.1) is 19.7 Å². The number of rotatable bonds is 7. The van der Waals surface area contributed by atoms with Crippen LogP contribution in [0.3, 0.4) is 0 Å². The van der Waals surface area contributed by atoms with Crippen LogP contribution >= 0.6 is 0 Å². The van der Waals surface area contributed by atoms with Crippen molar-refractivity contribution < 1.29 is 14.3 Å². The fourth-order valence-corrected chi connectivity index (χ4v) is 3.46. The smallest absolute Gasteiger partial charge is 0.253 e. The number of nitrogens with zero attached hydrogens (tertiary/aromatic N) is 3. The zero-order valence-electron chi connectivity index (χ0n) is 18.3. The van der Waals surface area contributed by atoms with Gasteiger partial charge in [-0.25, -0.2) is 9.37 Å². The van der Waals surface area contributed by atoms with E-state index in [0.717, 1.165) is 16.7 Å². The summed E-state index contributed by atoms with van der Waals surface area (Å²) in [7, 11) is 0. The van der Waals surface area contributed by atoms with Crippen LogP contribution in [0.15, 0.2) is 67.1 Å². The fourth-order valence-electron chi connectivity index (χ4n) is 3.46. The lowest BCUT2D eigenvalue weighted by molar-refractivity contribution is 0.0953. The zero-order chi connectivity index (χ0) is 23.4. The number of benzene rings is 2. The molecule has 0 unspecified atom stereocenters. The van der Waals surface area contributed by atoms with Crippen molar-refractivity contribution in [3.63, 3.8) is 0 Å². The molecule has 0 saturated heterocycles. The summed E-state index contributed by atoms with van der Waals surface area (Å²) in [4.78, 5) is 21.6. The summed E-state index contributed by atoms with van der Waals surface area (Å²) in [5.74, 6) is 0.699. The van der Waals surface area contributed by atoms with Gasteiger partial charge in [-0.15, -0.1) is 0 Å². The van der Waals surface area contributed by atoms with E-state index in [4.69, 9.17) is 0 Å². The van der Waals surface area contributed by atoms with Gasteiger partial charge in [-0.2, -0.15) is 4.98 Å². The van der Waals surface area contributed by atoms with E-state index >= 15 is 0 Å². The molecule has 0 spiro atoms. The Morgan fingerprint density at radius 3 is 2.58 bits per heavy atom. The van der Waals surface area contributed by atoms with Crippen molar-refractivity contribution in [3.05, 3.63) is 95.2 Å². The van der Waals surface area contributed by atoms with Crippen LogP contribution < -0.4 is 10.6 Å². The number of hydrogen-bond donors (Lipinski definition) is 3. The van der Waals surface area contributed by atoms with E-state index < -0.39 is 0 Å². The molecule has 33 heavy (non-hydrogen) atoms. The number of para-hydroxylation sites is 1. The van der Waals surface area contributed by atoms with Crippen molar-refractivity contribution in [1.82, 2.24) is 19.9 Å². The highest BCUT2D eigenvalue weighted by Crippen LogP contribution is 2.20. The summed E-state index contributed by atoms with van der Waals surface area (Å²) in [6, 6.07) is 13.0. The molecule has 4 aromatic rings. The summed E-state index contributed by atoms with van der Waals surface area (Å²) in [5, 5.41) is 15.8. The van der Waals surface area contributed by atoms with E-state index in [2.05, 4.69) is 20.6 Å². The summed E-state index contributed by atoms with van der Waals surface area (Å²) in [6.45, 7) is 4.15. The Morgan fingerprint density at radius 2 is 1.82 bits per heavy atom. The van der Waals surface area contributed by atoms with Crippen molar-refractivity contribution in [2.75, 3.05) is 11.9 Å². The highest BCUT2D eigenvalue weighted by Gasteiger charge is 2.15. The molecule has 2 aromatic heterocycles. The zero-order valence-corrected chi connectivity index (χ0v) is 18.3. The van der Waals surface area contributed by atoms with E-state index in [1.807, 2.05) is 32.2 Å². The average Bonchev–Trinajstić information content (AvgIpc) is 3.19. The Kier molecular flexibility index (Phi) is 6.35. The number of halogens is 1. The predicted molar refractivity (Wildman–Crippen MR) is 125 cm³/mol. The van der Waals surface area contributed by atoms with E-state index in [-0.39, 0.29) is 17.5 Å². The van der Waals surface area contributed by atoms with Crippen molar-refractivity contribution in [2.45, 2.75) is 20.3 Å². The second-order valence-electron chi connectivity index (χ2n) is 7.73. The number of aromatic hydroxyl groups is 1. The molecule has 8 heteroatoms. The second-order valence-corrected chi connectivity index (χ2v) is 7.73. The first kappa shape index (κ1) is 22.0. The summed E-state index contributed by atoms with van der Waals surface area (Å²) >= 11 is 0. The van der Waals surface area contributed by atoms with Crippen molar-refractivity contribution in [3.8, 4) is 11.6 Å². The molecule has 1 amide bonds. The van der Waals surface area contributed by atoms with Crippen molar-refractivity contribution in [2.24, 2.45) is 0 Å². The lowest BCUT2D eigenvalue weighted by atomic mass is 10.1. The first-order valence-electron chi connectivity index (χ1n) is 10.5. The molecule has 0 fully saturated rings. The van der Waals surface area contributed by atoms with Gasteiger partial charge in [0, 0.05) is 36.4 Å². The van der Waals surface area contributed by atoms with Crippen LogP contribution in [-0.2, 0) is 6.42 Å². The van der Waals surface area contributed by atoms with E-state index in [9.17, 15) is 14.3 Å². The predicted octanol–water partition coefficient (Wildman–Crippen LogP) is 4.44. The van der Waals surface area contributed by atoms with E-state index in [1.165, 1.54) is 12.1 Å². The average molecular weight is 445 g/mol. The van der Waals surface area contributed by atoms with Crippen LogP contribution in [-0.4, -0.2) is 32.1 Å². The maximum absolute atomic E-state index is 13.1. The van der Waals surface area contributed by atoms with Gasteiger partial charge in [0.25, 0.3) is 5.91 Å². The lowest BCUT2D eigenvalue weighted by Gasteiger charge is -2.10. The Balaban J connectivity index is 1.48. The number of phenols is 1. The van der Waals surface area contributed by atoms with Gasteiger partial charge in [0.15, 0.2) is 0 Å². The maximum Gasteiger partial charge on any atom is 0.253 e. The lowest BCUT2D eigenvalue weighted by Crippen LogP contribution is -2.25. The van der Waals surface area contributed by atoms with Gasteiger partial charge in [-0.05, 0) is 61.7 Å². The molecule has 0 aliphatic heterocycles. The third-order valence-electron chi connectivity index (χ3n) is 5.23. The van der Waals surface area contributed by atoms with Crippen molar-refractivity contribution >= 4 is 17.5 Å². The standard InChI is InChI=1S/C25H24FN5O2/c1-16-13-28-25(29-20-9-7-19(26)8-10-20)30-23(16)31-14-17(2)21(15-31)24(33)27-12-11-18-5-3-4-6-22(18)32/h3-10,13-15,32H,11-12H2,1-2H3,(H,27,33)(H,28,29,30). The molecule has 0 aliphatic rings. The maximum atomic E-state index is 13.1. The quantitative estimate of drug-likeness (QED) is 0.391. The molecule has 0 saturated carbocycles. The second kappa shape index (κ2) is 9.52. The van der Waals surface area contributed by atoms with Gasteiger partial charge in [0.05, 0.1) is 5.56 Å². The minimum atomic E-state index is -0.319. The summed E-state index contributed by atoms with van der Waals surface area (Å²) in [6.07, 6.45) is 5.80. The van der Waals surface area contributed by atoms with Crippen molar-refractivity contribution in [1.29, 1.82) is 0 Å². The Morgan fingerprint density at radius 1 is 1.06 bits per heavy atom. The van der Waals surface area contributed by atoms with Crippen LogP contribution in [0.1, 0.15) is 27.0 Å². The van der Waals surface area contributed by atoms with Gasteiger partial charge in [-0.1, -0.05) is 18.2 Å². The molecular weight excluding hydrogens is 421 g/mol. The number of carbonyl (C=O) groups excluding carboxylic acids is 1. The minimum Gasteiger partial charge on any atom is -0.508 e. The first-order valence-corrected chi connectivity index (χ1v) is 10.5. The van der Waals surface area contributed by atoms with Crippen LogP contribution in [0.5, 0.6) is 5.75 Å². The molecular formula is C25H24FN5O2. The molecule has 4 rings (SSSR count). The molecule has 0 aliphatic carbocycles. The third kappa shape index (κ3) is 5.17. The number of carbonyl (C=O) groups is 1. The molecule has 2 aromatic carbocycles. The van der Waals surface area contributed by atoms with Gasteiger partial charge in [0.2, 0.25) is 5.95 Å². The SMILES string of the molecule is Cc1cn(-c2nc(Nc3ccc(F)cc3)ncc2C)cc1C(=O)NCCc1ccccc1O. The Hall–Kier alpha value is -4.20. The van der Waals surface area contributed by atoms with Crippen LogP contribution in [0.4, 0.5) is 16.0 Å². The molecule has 0 radical (unpaired) electrons. The van der Waals surface area contributed by atoms with Gasteiger partial charge in [-0.3, -0.25) is 4.79 Å². The largest absolute Gasteiger partial charge is 0.508 e. The fraction of sp³-hybridized carbons (Fsp3) is 0.160. The summed E-state index contributed by atoms with van der Waals surface area (Å²) < 4.78 is 14.9. The number of phenolic OH excluding ortho intramolecular Hbond substituents is 1. The molecule has 0 bridgehead atoms. The number of amides is 1. The Labute approximate surface area is 191 Å².